The van der Waals surface area contributed by atoms with Crippen LogP contribution in [0.5, 0.6) is 5.75 Å². The van der Waals surface area contributed by atoms with E-state index in [9.17, 15) is 4.79 Å². The number of hydrogen-bond donors (Lipinski definition) is 3. The van der Waals surface area contributed by atoms with Crippen molar-refractivity contribution in [2.45, 2.75) is 13.3 Å². The van der Waals surface area contributed by atoms with Crippen molar-refractivity contribution in [3.8, 4) is 5.75 Å². The standard InChI is InChI=1S/C19H20N4O2/c1-2-13-6-3-4-8-15(13)21-18(24)12-25-16-9-5-7-14-10-11-17(23-20)22-19(14)16/h3-11H,2,12,20H2,1H3,(H,21,24)(H,22,23). The molecule has 0 aliphatic rings. The number of ether oxygens (including phenoxy) is 1. The molecule has 0 spiro atoms. The fraction of sp³-hybridized carbons (Fsp3) is 0.158. The van der Waals surface area contributed by atoms with Gasteiger partial charge in [-0.1, -0.05) is 37.3 Å². The lowest BCUT2D eigenvalue weighted by atomic mass is 10.1. The number of aryl methyl sites for hydroxylation is 1. The number of para-hydroxylation sites is 2. The van der Waals surface area contributed by atoms with Crippen LogP contribution in [0, 0.1) is 0 Å². The van der Waals surface area contributed by atoms with E-state index < -0.39 is 0 Å². The first-order valence-corrected chi connectivity index (χ1v) is 8.08. The monoisotopic (exact) mass is 336 g/mol. The van der Waals surface area contributed by atoms with Crippen molar-refractivity contribution < 1.29 is 9.53 Å². The maximum Gasteiger partial charge on any atom is 0.262 e. The van der Waals surface area contributed by atoms with Gasteiger partial charge in [-0.2, -0.15) is 0 Å². The molecule has 128 valence electrons. The summed E-state index contributed by atoms with van der Waals surface area (Å²) in [4.78, 5) is 16.6. The van der Waals surface area contributed by atoms with Crippen molar-refractivity contribution in [1.82, 2.24) is 4.98 Å². The molecule has 6 heteroatoms. The van der Waals surface area contributed by atoms with Gasteiger partial charge in [0.1, 0.15) is 17.1 Å². The molecule has 2 aromatic carbocycles. The molecule has 25 heavy (non-hydrogen) atoms. The van der Waals surface area contributed by atoms with Crippen LogP contribution in [0.1, 0.15) is 12.5 Å². The number of benzene rings is 2. The molecule has 0 radical (unpaired) electrons. The maximum atomic E-state index is 12.2. The number of rotatable bonds is 6. The Morgan fingerprint density at radius 3 is 2.76 bits per heavy atom. The van der Waals surface area contributed by atoms with Gasteiger partial charge in [-0.05, 0) is 36.2 Å². The van der Waals surface area contributed by atoms with Crippen LogP contribution in [0.25, 0.3) is 10.9 Å². The summed E-state index contributed by atoms with van der Waals surface area (Å²) in [6.45, 7) is 1.95. The molecule has 1 heterocycles. The molecule has 4 N–H and O–H groups in total. The van der Waals surface area contributed by atoms with E-state index >= 15 is 0 Å². The summed E-state index contributed by atoms with van der Waals surface area (Å²) >= 11 is 0. The zero-order valence-corrected chi connectivity index (χ0v) is 14.0. The van der Waals surface area contributed by atoms with Gasteiger partial charge in [0.05, 0.1) is 0 Å². The summed E-state index contributed by atoms with van der Waals surface area (Å²) in [6, 6.07) is 17.0. The molecule has 0 aliphatic carbocycles. The highest BCUT2D eigenvalue weighted by molar-refractivity contribution is 5.93. The fourth-order valence-electron chi connectivity index (χ4n) is 2.60. The molecule has 3 aromatic rings. The highest BCUT2D eigenvalue weighted by atomic mass is 16.5. The quantitative estimate of drug-likeness (QED) is 0.475. The molecule has 0 atom stereocenters. The van der Waals surface area contributed by atoms with E-state index in [2.05, 4.69) is 15.7 Å². The van der Waals surface area contributed by atoms with Crippen LogP contribution >= 0.6 is 0 Å². The Kier molecular flexibility index (Phi) is 5.11. The van der Waals surface area contributed by atoms with Crippen LogP contribution in [0.15, 0.2) is 54.6 Å². The molecule has 0 fully saturated rings. The molecule has 0 saturated heterocycles. The molecule has 6 nitrogen and oxygen atoms in total. The Labute approximate surface area is 146 Å². The first kappa shape index (κ1) is 16.7. The van der Waals surface area contributed by atoms with E-state index in [0.717, 1.165) is 23.1 Å². The summed E-state index contributed by atoms with van der Waals surface area (Å²) in [5.74, 6) is 6.26. The molecule has 0 bridgehead atoms. The van der Waals surface area contributed by atoms with Crippen molar-refractivity contribution in [3.63, 3.8) is 0 Å². The second-order valence-electron chi connectivity index (χ2n) is 5.52. The lowest BCUT2D eigenvalue weighted by molar-refractivity contribution is -0.118. The minimum atomic E-state index is -0.217. The minimum absolute atomic E-state index is 0.0981. The van der Waals surface area contributed by atoms with E-state index in [0.29, 0.717) is 17.1 Å². The molecule has 0 aliphatic heterocycles. The molecule has 0 unspecified atom stereocenters. The number of nitrogens with two attached hydrogens (primary N) is 1. The third-order valence-electron chi connectivity index (χ3n) is 3.86. The van der Waals surface area contributed by atoms with Crippen LogP contribution in [-0.2, 0) is 11.2 Å². The number of aromatic nitrogens is 1. The van der Waals surface area contributed by atoms with E-state index in [4.69, 9.17) is 10.6 Å². The Bertz CT molecular complexity index is 895. The van der Waals surface area contributed by atoms with Gasteiger partial charge in [-0.15, -0.1) is 0 Å². The number of pyridine rings is 1. The van der Waals surface area contributed by atoms with Gasteiger partial charge in [0.15, 0.2) is 6.61 Å². The second-order valence-corrected chi connectivity index (χ2v) is 5.52. The van der Waals surface area contributed by atoms with Crippen LogP contribution in [0.4, 0.5) is 11.5 Å². The van der Waals surface area contributed by atoms with Crippen molar-refractivity contribution in [3.05, 3.63) is 60.2 Å². The summed E-state index contributed by atoms with van der Waals surface area (Å²) < 4.78 is 5.68. The van der Waals surface area contributed by atoms with Gasteiger partial charge in [-0.3, -0.25) is 4.79 Å². The normalized spacial score (nSPS) is 10.5. The third kappa shape index (κ3) is 3.87. The van der Waals surface area contributed by atoms with E-state index in [-0.39, 0.29) is 12.5 Å². The van der Waals surface area contributed by atoms with Gasteiger partial charge in [0.2, 0.25) is 0 Å². The smallest absolute Gasteiger partial charge is 0.262 e. The predicted octanol–water partition coefficient (Wildman–Crippen LogP) is 3.10. The van der Waals surface area contributed by atoms with Gasteiger partial charge in [0.25, 0.3) is 5.91 Å². The van der Waals surface area contributed by atoms with E-state index in [1.165, 1.54) is 0 Å². The highest BCUT2D eigenvalue weighted by Gasteiger charge is 2.09. The number of nitrogens with zero attached hydrogens (tertiary/aromatic N) is 1. The summed E-state index contributed by atoms with van der Waals surface area (Å²) in [5.41, 5.74) is 5.06. The van der Waals surface area contributed by atoms with Crippen LogP contribution in [-0.4, -0.2) is 17.5 Å². The minimum Gasteiger partial charge on any atom is -0.481 e. The van der Waals surface area contributed by atoms with Crippen LogP contribution < -0.4 is 21.3 Å². The molecule has 3 rings (SSSR count). The molecule has 1 aromatic heterocycles. The van der Waals surface area contributed by atoms with Crippen molar-refractivity contribution in [1.29, 1.82) is 0 Å². The number of carbonyl (C=O) groups excluding carboxylic acids is 1. The van der Waals surface area contributed by atoms with Gasteiger partial charge in [0, 0.05) is 11.1 Å². The number of fused-ring (bicyclic) bond motifs is 1. The summed E-state index contributed by atoms with van der Waals surface area (Å²) in [7, 11) is 0. The first-order valence-electron chi connectivity index (χ1n) is 8.08. The average molecular weight is 336 g/mol. The van der Waals surface area contributed by atoms with Gasteiger partial charge >= 0.3 is 0 Å². The van der Waals surface area contributed by atoms with Gasteiger partial charge in [-0.25, -0.2) is 10.8 Å². The lowest BCUT2D eigenvalue weighted by Gasteiger charge is -2.12. The topological polar surface area (TPSA) is 89.3 Å². The Balaban J connectivity index is 1.73. The van der Waals surface area contributed by atoms with E-state index in [1.54, 1.807) is 12.1 Å². The fourth-order valence-corrected chi connectivity index (χ4v) is 2.60. The number of nitrogens with one attached hydrogen (secondary N) is 2. The summed E-state index contributed by atoms with van der Waals surface area (Å²) in [6.07, 6.45) is 0.847. The lowest BCUT2D eigenvalue weighted by Crippen LogP contribution is -2.21. The second kappa shape index (κ2) is 7.63. The Morgan fingerprint density at radius 1 is 1.12 bits per heavy atom. The third-order valence-corrected chi connectivity index (χ3v) is 3.86. The van der Waals surface area contributed by atoms with E-state index in [1.807, 2.05) is 49.4 Å². The van der Waals surface area contributed by atoms with Crippen LogP contribution in [0.3, 0.4) is 0 Å². The predicted molar refractivity (Wildman–Crippen MR) is 99.5 cm³/mol. The Morgan fingerprint density at radius 2 is 1.96 bits per heavy atom. The Hall–Kier alpha value is -3.12. The summed E-state index contributed by atoms with van der Waals surface area (Å²) in [5, 5.41) is 3.80. The number of amides is 1. The maximum absolute atomic E-state index is 12.2. The van der Waals surface area contributed by atoms with Crippen molar-refractivity contribution in [2.24, 2.45) is 5.84 Å². The average Bonchev–Trinajstić information content (AvgIpc) is 2.66. The number of hydrogen-bond acceptors (Lipinski definition) is 5. The molecule has 0 saturated carbocycles. The van der Waals surface area contributed by atoms with Crippen molar-refractivity contribution >= 4 is 28.3 Å². The molecule has 1 amide bonds. The van der Waals surface area contributed by atoms with Gasteiger partial charge < -0.3 is 15.5 Å². The largest absolute Gasteiger partial charge is 0.481 e. The zero-order chi connectivity index (χ0) is 17.6. The van der Waals surface area contributed by atoms with Crippen molar-refractivity contribution in [2.75, 3.05) is 17.3 Å². The zero-order valence-electron chi connectivity index (χ0n) is 14.0. The SMILES string of the molecule is CCc1ccccc1NC(=O)COc1cccc2ccc(NN)nc12. The number of nitrogen functional groups attached to an aromatic ring is 1. The number of anilines is 2. The molecular weight excluding hydrogens is 316 g/mol. The number of hydrazine groups is 1. The number of carbonyl (C=O) groups is 1. The first-order chi connectivity index (χ1) is 12.2. The molecular formula is C19H20N4O2. The highest BCUT2D eigenvalue weighted by Crippen LogP contribution is 2.25. The van der Waals surface area contributed by atoms with Crippen LogP contribution in [0.2, 0.25) is 0 Å².